The molecule has 2 N–H and O–H groups in total. The van der Waals surface area contributed by atoms with Gasteiger partial charge in [-0.2, -0.15) is 5.10 Å². The highest BCUT2D eigenvalue weighted by molar-refractivity contribution is 6.33. The number of hydrogen-bond donors (Lipinski definition) is 1. The molecule has 0 amide bonds. The molecule has 3 nitrogen and oxygen atoms in total. The van der Waals surface area contributed by atoms with Crippen molar-refractivity contribution < 1.29 is 0 Å². The number of nitrogen functional groups attached to an aromatic ring is 1. The molecular formula is C11H11Cl2N3. The second kappa shape index (κ2) is 4.36. The van der Waals surface area contributed by atoms with Gasteiger partial charge in [-0.1, -0.05) is 23.2 Å². The summed E-state index contributed by atoms with van der Waals surface area (Å²) in [6.45, 7) is 1.97. The van der Waals surface area contributed by atoms with Gasteiger partial charge in [0.2, 0.25) is 0 Å². The predicted molar refractivity (Wildman–Crippen MR) is 66.9 cm³/mol. The molecule has 0 fully saturated rings. The van der Waals surface area contributed by atoms with E-state index in [1.165, 1.54) is 0 Å². The second-order valence-corrected chi connectivity index (χ2v) is 4.39. The molecule has 84 valence electrons. The standard InChI is InChI=1S/C11H11Cl2N3/c1-7(16-11(14)4-5-15-16)9-6-8(12)2-3-10(9)13/h2-7H,14H2,1H3. The maximum absolute atomic E-state index is 6.12. The van der Waals surface area contributed by atoms with Gasteiger partial charge in [-0.05, 0) is 36.8 Å². The first-order valence-corrected chi connectivity index (χ1v) is 5.59. The Morgan fingerprint density at radius 1 is 1.31 bits per heavy atom. The number of aromatic nitrogens is 2. The molecule has 1 atom stereocenters. The molecule has 0 aliphatic carbocycles. The van der Waals surface area contributed by atoms with E-state index in [9.17, 15) is 0 Å². The Kier molecular flexibility index (Phi) is 3.08. The highest BCUT2D eigenvalue weighted by Gasteiger charge is 2.14. The van der Waals surface area contributed by atoms with Crippen LogP contribution in [0.4, 0.5) is 5.82 Å². The van der Waals surface area contributed by atoms with Gasteiger partial charge >= 0.3 is 0 Å². The van der Waals surface area contributed by atoms with E-state index in [0.717, 1.165) is 5.56 Å². The summed E-state index contributed by atoms with van der Waals surface area (Å²) in [5.41, 5.74) is 6.70. The lowest BCUT2D eigenvalue weighted by Crippen LogP contribution is -2.11. The summed E-state index contributed by atoms with van der Waals surface area (Å²) in [5.74, 6) is 0.601. The zero-order chi connectivity index (χ0) is 11.7. The van der Waals surface area contributed by atoms with Crippen molar-refractivity contribution in [1.82, 2.24) is 9.78 Å². The first-order chi connectivity index (χ1) is 7.59. The van der Waals surface area contributed by atoms with Gasteiger partial charge < -0.3 is 5.73 Å². The highest BCUT2D eigenvalue weighted by Crippen LogP contribution is 2.29. The number of benzene rings is 1. The number of halogens is 2. The summed E-state index contributed by atoms with van der Waals surface area (Å²) in [6, 6.07) is 7.06. The average molecular weight is 256 g/mol. The molecule has 0 aliphatic heterocycles. The lowest BCUT2D eigenvalue weighted by molar-refractivity contribution is 0.573. The lowest BCUT2D eigenvalue weighted by atomic mass is 10.1. The van der Waals surface area contributed by atoms with Gasteiger partial charge in [0, 0.05) is 10.0 Å². The van der Waals surface area contributed by atoms with Crippen LogP contribution in [-0.2, 0) is 0 Å². The van der Waals surface area contributed by atoms with E-state index in [2.05, 4.69) is 5.10 Å². The Morgan fingerprint density at radius 2 is 2.06 bits per heavy atom. The first-order valence-electron chi connectivity index (χ1n) is 4.83. The number of anilines is 1. The molecule has 2 aromatic rings. The van der Waals surface area contributed by atoms with Crippen LogP contribution < -0.4 is 5.73 Å². The van der Waals surface area contributed by atoms with Gasteiger partial charge in [0.05, 0.1) is 12.2 Å². The molecule has 1 aromatic heterocycles. The average Bonchev–Trinajstić information content (AvgIpc) is 2.67. The van der Waals surface area contributed by atoms with Crippen molar-refractivity contribution in [3.05, 3.63) is 46.1 Å². The van der Waals surface area contributed by atoms with E-state index in [4.69, 9.17) is 28.9 Å². The molecular weight excluding hydrogens is 245 g/mol. The normalized spacial score (nSPS) is 12.7. The Labute approximate surface area is 104 Å². The lowest BCUT2D eigenvalue weighted by Gasteiger charge is -2.16. The van der Waals surface area contributed by atoms with Crippen LogP contribution in [0.15, 0.2) is 30.5 Å². The first kappa shape index (κ1) is 11.3. The van der Waals surface area contributed by atoms with Crippen LogP contribution in [0.5, 0.6) is 0 Å². The number of nitrogens with two attached hydrogens (primary N) is 1. The van der Waals surface area contributed by atoms with Crippen LogP contribution in [0.2, 0.25) is 10.0 Å². The predicted octanol–water partition coefficient (Wildman–Crippen LogP) is 3.38. The van der Waals surface area contributed by atoms with E-state index in [0.29, 0.717) is 15.9 Å². The molecule has 0 radical (unpaired) electrons. The van der Waals surface area contributed by atoms with Crippen molar-refractivity contribution in [2.75, 3.05) is 5.73 Å². The van der Waals surface area contributed by atoms with Crippen molar-refractivity contribution in [3.8, 4) is 0 Å². The van der Waals surface area contributed by atoms with Gasteiger partial charge in [-0.15, -0.1) is 0 Å². The quantitative estimate of drug-likeness (QED) is 0.895. The van der Waals surface area contributed by atoms with Crippen LogP contribution >= 0.6 is 23.2 Å². The maximum atomic E-state index is 6.12. The minimum atomic E-state index is -0.0406. The largest absolute Gasteiger partial charge is 0.384 e. The third-order valence-electron chi connectivity index (χ3n) is 2.48. The topological polar surface area (TPSA) is 43.8 Å². The van der Waals surface area contributed by atoms with Crippen molar-refractivity contribution in [1.29, 1.82) is 0 Å². The highest BCUT2D eigenvalue weighted by atomic mass is 35.5. The summed E-state index contributed by atoms with van der Waals surface area (Å²) in [6.07, 6.45) is 1.66. The van der Waals surface area contributed by atoms with Gasteiger partial charge in [-0.25, -0.2) is 4.68 Å². The SMILES string of the molecule is CC(c1cc(Cl)ccc1Cl)n1nccc1N. The molecule has 1 aromatic carbocycles. The van der Waals surface area contributed by atoms with E-state index in [1.54, 1.807) is 29.1 Å². The number of rotatable bonds is 2. The zero-order valence-corrected chi connectivity index (χ0v) is 10.2. The second-order valence-electron chi connectivity index (χ2n) is 3.54. The number of hydrogen-bond acceptors (Lipinski definition) is 2. The Hall–Kier alpha value is -1.19. The fraction of sp³-hybridized carbons (Fsp3) is 0.182. The molecule has 1 heterocycles. The molecule has 1 unspecified atom stereocenters. The molecule has 16 heavy (non-hydrogen) atoms. The van der Waals surface area contributed by atoms with Crippen LogP contribution in [0.25, 0.3) is 0 Å². The third-order valence-corrected chi connectivity index (χ3v) is 3.06. The summed E-state index contributed by atoms with van der Waals surface area (Å²) in [4.78, 5) is 0. The van der Waals surface area contributed by atoms with Gasteiger partial charge in [0.15, 0.2) is 0 Å². The van der Waals surface area contributed by atoms with Crippen LogP contribution in [0.3, 0.4) is 0 Å². The molecule has 0 aliphatic rings. The maximum Gasteiger partial charge on any atom is 0.122 e. The van der Waals surface area contributed by atoms with E-state index >= 15 is 0 Å². The molecule has 0 saturated carbocycles. The van der Waals surface area contributed by atoms with Gasteiger partial charge in [0.1, 0.15) is 5.82 Å². The van der Waals surface area contributed by atoms with Crippen LogP contribution in [-0.4, -0.2) is 9.78 Å². The van der Waals surface area contributed by atoms with Crippen LogP contribution in [0, 0.1) is 0 Å². The monoisotopic (exact) mass is 255 g/mol. The van der Waals surface area contributed by atoms with Crippen LogP contribution in [0.1, 0.15) is 18.5 Å². The van der Waals surface area contributed by atoms with E-state index in [1.807, 2.05) is 13.0 Å². The van der Waals surface area contributed by atoms with Gasteiger partial charge in [0.25, 0.3) is 0 Å². The molecule has 2 rings (SSSR count). The van der Waals surface area contributed by atoms with Crippen molar-refractivity contribution in [3.63, 3.8) is 0 Å². The van der Waals surface area contributed by atoms with Crippen molar-refractivity contribution in [2.45, 2.75) is 13.0 Å². The third kappa shape index (κ3) is 2.01. The summed E-state index contributed by atoms with van der Waals surface area (Å²) < 4.78 is 1.71. The minimum Gasteiger partial charge on any atom is -0.384 e. The van der Waals surface area contributed by atoms with Gasteiger partial charge in [-0.3, -0.25) is 0 Å². The molecule has 5 heteroatoms. The molecule has 0 spiro atoms. The number of nitrogens with zero attached hydrogens (tertiary/aromatic N) is 2. The fourth-order valence-corrected chi connectivity index (χ4v) is 2.07. The molecule has 0 bridgehead atoms. The van der Waals surface area contributed by atoms with E-state index in [-0.39, 0.29) is 6.04 Å². The molecule has 0 saturated heterocycles. The van der Waals surface area contributed by atoms with E-state index < -0.39 is 0 Å². The summed E-state index contributed by atoms with van der Waals surface area (Å²) in [7, 11) is 0. The fourth-order valence-electron chi connectivity index (χ4n) is 1.61. The summed E-state index contributed by atoms with van der Waals surface area (Å²) in [5, 5.41) is 5.46. The van der Waals surface area contributed by atoms with Crippen molar-refractivity contribution in [2.24, 2.45) is 0 Å². The minimum absolute atomic E-state index is 0.0406. The Bertz CT molecular complexity index is 508. The Balaban J connectivity index is 2.45. The smallest absolute Gasteiger partial charge is 0.122 e. The summed E-state index contributed by atoms with van der Waals surface area (Å²) >= 11 is 12.1. The Morgan fingerprint density at radius 3 is 2.69 bits per heavy atom. The van der Waals surface area contributed by atoms with Crippen molar-refractivity contribution >= 4 is 29.0 Å². The zero-order valence-electron chi connectivity index (χ0n) is 8.69.